The Kier molecular flexibility index (Phi) is 4.27. The first-order valence-electron chi connectivity index (χ1n) is 9.41. The molecular weight excluding hydrogens is 376 g/mol. The van der Waals surface area contributed by atoms with Gasteiger partial charge in [0, 0.05) is 49.0 Å². The molecule has 8 heteroatoms. The lowest BCUT2D eigenvalue weighted by Gasteiger charge is -2.34. The van der Waals surface area contributed by atoms with E-state index in [1.165, 1.54) is 4.88 Å². The minimum absolute atomic E-state index is 0.114. The number of aromatic nitrogens is 2. The van der Waals surface area contributed by atoms with E-state index in [-0.39, 0.29) is 17.7 Å². The van der Waals surface area contributed by atoms with Crippen LogP contribution >= 0.6 is 11.3 Å². The maximum Gasteiger partial charge on any atom is 0.274 e. The Morgan fingerprint density at radius 1 is 1.14 bits per heavy atom. The summed E-state index contributed by atoms with van der Waals surface area (Å²) in [4.78, 5) is 30.4. The van der Waals surface area contributed by atoms with E-state index in [0.717, 1.165) is 6.42 Å². The Morgan fingerprint density at radius 2 is 1.96 bits per heavy atom. The minimum Gasteiger partial charge on any atom is -0.463 e. The molecule has 0 aromatic carbocycles. The van der Waals surface area contributed by atoms with Crippen molar-refractivity contribution in [2.75, 3.05) is 26.2 Å². The Bertz CT molecular complexity index is 971. The highest BCUT2D eigenvalue weighted by Gasteiger charge is 2.46. The Morgan fingerprint density at radius 3 is 2.68 bits per heavy atom. The number of rotatable bonds is 4. The first-order chi connectivity index (χ1) is 13.7. The quantitative estimate of drug-likeness (QED) is 0.735. The number of piperazine rings is 1. The van der Waals surface area contributed by atoms with Crippen molar-refractivity contribution in [2.24, 2.45) is 5.92 Å². The van der Waals surface area contributed by atoms with Crippen LogP contribution < -0.4 is 0 Å². The molecule has 4 heterocycles. The van der Waals surface area contributed by atoms with E-state index in [9.17, 15) is 9.59 Å². The van der Waals surface area contributed by atoms with Crippen LogP contribution in [-0.4, -0.2) is 58.0 Å². The Labute approximate surface area is 165 Å². The van der Waals surface area contributed by atoms with Crippen LogP contribution in [0.3, 0.4) is 0 Å². The Hall–Kier alpha value is -2.87. The molecule has 7 nitrogen and oxygen atoms in total. The minimum atomic E-state index is -0.121. The van der Waals surface area contributed by atoms with E-state index in [1.54, 1.807) is 34.6 Å². The van der Waals surface area contributed by atoms with Gasteiger partial charge in [-0.25, -0.2) is 0 Å². The molecule has 3 aromatic heterocycles. The number of hydrogen-bond acceptors (Lipinski definition) is 5. The topological polar surface area (TPSA) is 82.4 Å². The van der Waals surface area contributed by atoms with Crippen LogP contribution in [0.25, 0.3) is 11.5 Å². The van der Waals surface area contributed by atoms with E-state index in [0.29, 0.717) is 49.2 Å². The number of H-pyrrole nitrogens is 1. The zero-order chi connectivity index (χ0) is 19.1. The van der Waals surface area contributed by atoms with Crippen LogP contribution in [0.2, 0.25) is 0 Å². The molecule has 2 aliphatic rings. The van der Waals surface area contributed by atoms with Gasteiger partial charge in [0.1, 0.15) is 5.69 Å². The van der Waals surface area contributed by atoms with Gasteiger partial charge in [-0.3, -0.25) is 14.7 Å². The average Bonchev–Trinajstić information content (AvgIpc) is 3.21. The second-order valence-corrected chi connectivity index (χ2v) is 8.21. The van der Waals surface area contributed by atoms with Crippen molar-refractivity contribution >= 4 is 23.2 Å². The van der Waals surface area contributed by atoms with Gasteiger partial charge in [0.25, 0.3) is 5.91 Å². The number of furan rings is 1. The molecule has 2 atom stereocenters. The lowest BCUT2D eigenvalue weighted by Crippen LogP contribution is -2.51. The molecule has 2 fully saturated rings. The third-order valence-corrected chi connectivity index (χ3v) is 6.48. The Balaban J connectivity index is 1.17. The first kappa shape index (κ1) is 17.2. The number of aromatic amines is 1. The van der Waals surface area contributed by atoms with E-state index in [4.69, 9.17) is 4.42 Å². The second kappa shape index (κ2) is 6.94. The molecule has 5 rings (SSSR count). The molecule has 1 saturated heterocycles. The molecule has 1 saturated carbocycles. The van der Waals surface area contributed by atoms with Crippen molar-refractivity contribution in [2.45, 2.75) is 12.3 Å². The summed E-state index contributed by atoms with van der Waals surface area (Å²) in [5.41, 5.74) is 1.04. The van der Waals surface area contributed by atoms with E-state index in [1.807, 2.05) is 17.0 Å². The lowest BCUT2D eigenvalue weighted by molar-refractivity contribution is -0.134. The van der Waals surface area contributed by atoms with Gasteiger partial charge in [-0.2, -0.15) is 5.10 Å². The van der Waals surface area contributed by atoms with Crippen LogP contribution in [0.1, 0.15) is 27.7 Å². The van der Waals surface area contributed by atoms with Crippen LogP contribution in [0.5, 0.6) is 0 Å². The van der Waals surface area contributed by atoms with Crippen molar-refractivity contribution in [3.8, 4) is 11.5 Å². The fourth-order valence-corrected chi connectivity index (χ4v) is 4.71. The van der Waals surface area contributed by atoms with Crippen molar-refractivity contribution in [3.05, 3.63) is 52.5 Å². The average molecular weight is 396 g/mol. The van der Waals surface area contributed by atoms with Gasteiger partial charge in [0.2, 0.25) is 5.91 Å². The summed E-state index contributed by atoms with van der Waals surface area (Å²) in [6.07, 6.45) is 2.53. The number of nitrogens with zero attached hydrogens (tertiary/aromatic N) is 3. The highest BCUT2D eigenvalue weighted by molar-refractivity contribution is 7.10. The van der Waals surface area contributed by atoms with Gasteiger partial charge in [-0.15, -0.1) is 11.3 Å². The number of thiophene rings is 1. The van der Waals surface area contributed by atoms with Crippen molar-refractivity contribution in [3.63, 3.8) is 0 Å². The molecule has 3 aromatic rings. The summed E-state index contributed by atoms with van der Waals surface area (Å²) < 4.78 is 5.32. The number of hydrogen-bond donors (Lipinski definition) is 1. The SMILES string of the molecule is O=C(c1cc(-c2ccco2)[nH]n1)N1CCN(C(=O)[C@H]2C[C@@H]2c2cccs2)CC1. The molecular formula is C20H20N4O3S. The summed E-state index contributed by atoms with van der Waals surface area (Å²) in [6, 6.07) is 9.45. The lowest BCUT2D eigenvalue weighted by atomic mass is 10.2. The first-order valence-corrected chi connectivity index (χ1v) is 10.3. The van der Waals surface area contributed by atoms with Crippen LogP contribution in [-0.2, 0) is 4.79 Å². The number of carbonyl (C=O) groups is 2. The van der Waals surface area contributed by atoms with Crippen LogP contribution in [0.15, 0.2) is 46.4 Å². The van der Waals surface area contributed by atoms with Gasteiger partial charge in [-0.05, 0) is 30.0 Å². The molecule has 0 spiro atoms. The summed E-state index contributed by atoms with van der Waals surface area (Å²) in [5.74, 6) is 1.25. The van der Waals surface area contributed by atoms with Gasteiger partial charge in [0.15, 0.2) is 11.5 Å². The fraction of sp³-hybridized carbons (Fsp3) is 0.350. The van der Waals surface area contributed by atoms with Gasteiger partial charge < -0.3 is 14.2 Å². The predicted molar refractivity (Wildman–Crippen MR) is 104 cm³/mol. The maximum absolute atomic E-state index is 12.7. The highest BCUT2D eigenvalue weighted by atomic mass is 32.1. The molecule has 28 heavy (non-hydrogen) atoms. The fourth-order valence-electron chi connectivity index (χ4n) is 3.80. The third kappa shape index (κ3) is 3.13. The van der Waals surface area contributed by atoms with E-state index >= 15 is 0 Å². The zero-order valence-corrected chi connectivity index (χ0v) is 16.0. The predicted octanol–water partition coefficient (Wildman–Crippen LogP) is 2.82. The zero-order valence-electron chi connectivity index (χ0n) is 15.2. The standard InChI is InChI=1S/C20H20N4O3S/c25-19(14-11-13(14)18-4-2-10-28-18)23-5-7-24(8-6-23)20(26)16-12-15(21-22-16)17-3-1-9-27-17/h1-4,9-10,12-14H,5-8,11H2,(H,21,22)/t13-,14-/m0/s1. The summed E-state index contributed by atoms with van der Waals surface area (Å²) >= 11 is 1.72. The summed E-state index contributed by atoms with van der Waals surface area (Å²) in [5, 5.41) is 9.03. The van der Waals surface area contributed by atoms with Crippen LogP contribution in [0, 0.1) is 5.92 Å². The molecule has 1 N–H and O–H groups in total. The molecule has 0 radical (unpaired) electrons. The highest BCUT2D eigenvalue weighted by Crippen LogP contribution is 2.50. The van der Waals surface area contributed by atoms with Gasteiger partial charge in [-0.1, -0.05) is 6.07 Å². The summed E-state index contributed by atoms with van der Waals surface area (Å²) in [7, 11) is 0. The number of nitrogens with one attached hydrogen (secondary N) is 1. The molecule has 144 valence electrons. The van der Waals surface area contributed by atoms with Crippen LogP contribution in [0.4, 0.5) is 0 Å². The largest absolute Gasteiger partial charge is 0.463 e. The normalized spacial score (nSPS) is 21.7. The monoisotopic (exact) mass is 396 g/mol. The number of carbonyl (C=O) groups excluding carboxylic acids is 2. The number of amides is 2. The molecule has 1 aliphatic carbocycles. The van der Waals surface area contributed by atoms with E-state index in [2.05, 4.69) is 21.6 Å². The molecule has 2 amide bonds. The maximum atomic E-state index is 12.7. The van der Waals surface area contributed by atoms with Gasteiger partial charge >= 0.3 is 0 Å². The summed E-state index contributed by atoms with van der Waals surface area (Å²) in [6.45, 7) is 2.22. The third-order valence-electron chi connectivity index (χ3n) is 5.48. The smallest absolute Gasteiger partial charge is 0.274 e. The van der Waals surface area contributed by atoms with Crippen molar-refractivity contribution in [1.29, 1.82) is 0 Å². The van der Waals surface area contributed by atoms with E-state index < -0.39 is 0 Å². The van der Waals surface area contributed by atoms with Crippen molar-refractivity contribution in [1.82, 2.24) is 20.0 Å². The van der Waals surface area contributed by atoms with Crippen molar-refractivity contribution < 1.29 is 14.0 Å². The van der Waals surface area contributed by atoms with Gasteiger partial charge in [0.05, 0.1) is 6.26 Å². The second-order valence-electron chi connectivity index (χ2n) is 7.23. The molecule has 0 bridgehead atoms. The molecule has 0 unspecified atom stereocenters. The molecule has 1 aliphatic heterocycles.